The van der Waals surface area contributed by atoms with Crippen molar-refractivity contribution in [2.45, 2.75) is 51.2 Å². The molecule has 0 bridgehead atoms. The Labute approximate surface area is 163 Å². The molecule has 0 heterocycles. The van der Waals surface area contributed by atoms with Gasteiger partial charge in [0.2, 0.25) is 11.8 Å². The highest BCUT2D eigenvalue weighted by atomic mass is 16.4. The lowest BCUT2D eigenvalue weighted by molar-refractivity contribution is -0.143. The van der Waals surface area contributed by atoms with Gasteiger partial charge in [-0.3, -0.25) is 14.4 Å². The maximum atomic E-state index is 12.7. The molecular weight excluding hydrogens is 366 g/mol. The van der Waals surface area contributed by atoms with Gasteiger partial charge >= 0.3 is 11.9 Å². The van der Waals surface area contributed by atoms with Crippen LogP contribution in [0.5, 0.6) is 0 Å². The summed E-state index contributed by atoms with van der Waals surface area (Å²) in [5.41, 5.74) is 6.28. The maximum absolute atomic E-state index is 12.7. The quantitative estimate of drug-likeness (QED) is 0.357. The molecule has 1 rings (SSSR count). The molecule has 1 aromatic rings. The highest BCUT2D eigenvalue weighted by Crippen LogP contribution is 2.10. The summed E-state index contributed by atoms with van der Waals surface area (Å²) in [6.07, 6.45) is 0.0387. The zero-order valence-electron chi connectivity index (χ0n) is 15.9. The summed E-state index contributed by atoms with van der Waals surface area (Å²) in [7, 11) is 0. The lowest BCUT2D eigenvalue weighted by Gasteiger charge is -2.26. The molecule has 0 fully saturated rings. The van der Waals surface area contributed by atoms with Crippen molar-refractivity contribution >= 4 is 23.8 Å². The highest BCUT2D eigenvalue weighted by molar-refractivity contribution is 5.93. The van der Waals surface area contributed by atoms with Gasteiger partial charge in [-0.05, 0) is 11.5 Å². The third-order valence-electron chi connectivity index (χ3n) is 4.42. The van der Waals surface area contributed by atoms with Crippen molar-refractivity contribution in [1.29, 1.82) is 0 Å². The van der Waals surface area contributed by atoms with E-state index in [1.807, 2.05) is 6.92 Å². The normalized spacial score (nSPS) is 15.0. The molecule has 4 atom stereocenters. The molecule has 0 saturated carbocycles. The highest BCUT2D eigenvalue weighted by Gasteiger charge is 2.31. The molecule has 0 radical (unpaired) electrons. The number of hydrogen-bond donors (Lipinski definition) is 5. The van der Waals surface area contributed by atoms with Crippen LogP contribution in [0.4, 0.5) is 0 Å². The Kier molecular flexibility index (Phi) is 9.10. The number of aliphatic carboxylic acids is 2. The molecule has 0 aromatic heterocycles. The lowest BCUT2D eigenvalue weighted by Crippen LogP contribution is -2.57. The van der Waals surface area contributed by atoms with Crippen molar-refractivity contribution < 1.29 is 29.4 Å². The van der Waals surface area contributed by atoms with Gasteiger partial charge in [-0.25, -0.2) is 4.79 Å². The number of benzene rings is 1. The van der Waals surface area contributed by atoms with Gasteiger partial charge < -0.3 is 26.6 Å². The van der Waals surface area contributed by atoms with Crippen LogP contribution in [-0.4, -0.2) is 52.1 Å². The molecule has 0 spiro atoms. The zero-order valence-corrected chi connectivity index (χ0v) is 15.9. The second-order valence-corrected chi connectivity index (χ2v) is 6.67. The van der Waals surface area contributed by atoms with E-state index >= 15 is 0 Å². The molecule has 1 aromatic carbocycles. The second kappa shape index (κ2) is 11.0. The number of nitrogens with two attached hydrogens (primary N) is 1. The maximum Gasteiger partial charge on any atom is 0.326 e. The molecule has 9 heteroatoms. The number of amides is 2. The van der Waals surface area contributed by atoms with Crippen molar-refractivity contribution in [2.75, 3.05) is 0 Å². The van der Waals surface area contributed by atoms with E-state index in [0.717, 1.165) is 5.56 Å². The second-order valence-electron chi connectivity index (χ2n) is 6.67. The Morgan fingerprint density at radius 2 is 1.64 bits per heavy atom. The van der Waals surface area contributed by atoms with Crippen molar-refractivity contribution in [1.82, 2.24) is 10.6 Å². The fourth-order valence-corrected chi connectivity index (χ4v) is 2.55. The van der Waals surface area contributed by atoms with E-state index in [-0.39, 0.29) is 12.3 Å². The van der Waals surface area contributed by atoms with Gasteiger partial charge in [-0.2, -0.15) is 0 Å². The third-order valence-corrected chi connectivity index (χ3v) is 4.42. The minimum absolute atomic E-state index is 0.0849. The Bertz CT molecular complexity index is 694. The Morgan fingerprint density at radius 1 is 1.04 bits per heavy atom. The van der Waals surface area contributed by atoms with E-state index in [2.05, 4.69) is 10.6 Å². The van der Waals surface area contributed by atoms with Crippen LogP contribution in [0, 0.1) is 5.92 Å². The van der Waals surface area contributed by atoms with Crippen molar-refractivity contribution in [2.24, 2.45) is 11.7 Å². The van der Waals surface area contributed by atoms with Crippen LogP contribution in [-0.2, 0) is 25.6 Å². The number of rotatable bonds is 11. The summed E-state index contributed by atoms with van der Waals surface area (Å²) in [5.74, 6) is -4.19. The van der Waals surface area contributed by atoms with Gasteiger partial charge in [0, 0.05) is 6.42 Å². The molecule has 0 aliphatic heterocycles. The molecule has 0 aliphatic carbocycles. The summed E-state index contributed by atoms with van der Waals surface area (Å²) in [4.78, 5) is 47.1. The monoisotopic (exact) mass is 393 g/mol. The lowest BCUT2D eigenvalue weighted by atomic mass is 9.96. The van der Waals surface area contributed by atoms with E-state index in [9.17, 15) is 24.3 Å². The zero-order chi connectivity index (χ0) is 21.3. The summed E-state index contributed by atoms with van der Waals surface area (Å²) in [5, 5.41) is 23.1. The van der Waals surface area contributed by atoms with E-state index < -0.39 is 48.3 Å². The predicted octanol–water partition coefficient (Wildman–Crippen LogP) is 0.131. The number of carbonyl (C=O) groups excluding carboxylic acids is 2. The topological polar surface area (TPSA) is 159 Å². The molecular formula is C19H27N3O6. The van der Waals surface area contributed by atoms with Crippen LogP contribution >= 0.6 is 0 Å². The average molecular weight is 393 g/mol. The first kappa shape index (κ1) is 23.1. The number of hydrogen-bond acceptors (Lipinski definition) is 5. The smallest absolute Gasteiger partial charge is 0.326 e. The van der Waals surface area contributed by atoms with Crippen LogP contribution < -0.4 is 16.4 Å². The molecule has 0 saturated heterocycles. The molecule has 2 amide bonds. The van der Waals surface area contributed by atoms with Gasteiger partial charge in [0.1, 0.15) is 12.1 Å². The molecule has 28 heavy (non-hydrogen) atoms. The summed E-state index contributed by atoms with van der Waals surface area (Å²) in [6, 6.07) is 5.32. The van der Waals surface area contributed by atoms with Gasteiger partial charge in [0.25, 0.3) is 0 Å². The SMILES string of the molecule is CC[C@H](C)[C@H](NC(=O)[C@@H](N)CC(=O)O)C(=O)N[C@H](Cc1ccccc1)C(=O)O. The van der Waals surface area contributed by atoms with Crippen LogP contribution in [0.15, 0.2) is 30.3 Å². The third kappa shape index (κ3) is 7.36. The van der Waals surface area contributed by atoms with E-state index in [0.29, 0.717) is 6.42 Å². The first-order valence-electron chi connectivity index (χ1n) is 9.00. The fourth-order valence-electron chi connectivity index (χ4n) is 2.55. The van der Waals surface area contributed by atoms with Crippen LogP contribution in [0.25, 0.3) is 0 Å². The summed E-state index contributed by atoms with van der Waals surface area (Å²) >= 11 is 0. The van der Waals surface area contributed by atoms with Gasteiger partial charge in [0.05, 0.1) is 12.5 Å². The Balaban J connectivity index is 2.88. The van der Waals surface area contributed by atoms with Crippen molar-refractivity contribution in [3.8, 4) is 0 Å². The molecule has 9 nitrogen and oxygen atoms in total. The average Bonchev–Trinajstić information content (AvgIpc) is 2.64. The predicted molar refractivity (Wildman–Crippen MR) is 101 cm³/mol. The van der Waals surface area contributed by atoms with Gasteiger partial charge in [-0.1, -0.05) is 50.6 Å². The van der Waals surface area contributed by atoms with Crippen LogP contribution in [0.2, 0.25) is 0 Å². The van der Waals surface area contributed by atoms with Crippen molar-refractivity contribution in [3.63, 3.8) is 0 Å². The van der Waals surface area contributed by atoms with Crippen LogP contribution in [0.3, 0.4) is 0 Å². The standard InChI is InChI=1S/C19H27N3O6/c1-3-11(2)16(22-17(25)13(20)10-15(23)24)18(26)21-14(19(27)28)9-12-7-5-4-6-8-12/h4-8,11,13-14,16H,3,9-10,20H2,1-2H3,(H,21,26)(H,22,25)(H,23,24)(H,27,28)/t11-,13-,14+,16-/m0/s1. The first-order valence-corrected chi connectivity index (χ1v) is 9.00. The molecule has 6 N–H and O–H groups in total. The summed E-state index contributed by atoms with van der Waals surface area (Å²) < 4.78 is 0. The number of carbonyl (C=O) groups is 4. The van der Waals surface area contributed by atoms with E-state index in [1.54, 1.807) is 37.3 Å². The Hall–Kier alpha value is -2.94. The fraction of sp³-hybridized carbons (Fsp3) is 0.474. The first-order chi connectivity index (χ1) is 13.1. The van der Waals surface area contributed by atoms with E-state index in [1.165, 1.54) is 0 Å². The van der Waals surface area contributed by atoms with E-state index in [4.69, 9.17) is 10.8 Å². The minimum atomic E-state index is -1.31. The Morgan fingerprint density at radius 3 is 2.14 bits per heavy atom. The number of carboxylic acids is 2. The molecule has 0 unspecified atom stereocenters. The van der Waals surface area contributed by atoms with Crippen molar-refractivity contribution in [3.05, 3.63) is 35.9 Å². The largest absolute Gasteiger partial charge is 0.481 e. The molecule has 0 aliphatic rings. The van der Waals surface area contributed by atoms with Gasteiger partial charge in [0.15, 0.2) is 0 Å². The summed E-state index contributed by atoms with van der Waals surface area (Å²) in [6.45, 7) is 3.53. The molecule has 154 valence electrons. The minimum Gasteiger partial charge on any atom is -0.481 e. The number of nitrogens with one attached hydrogen (secondary N) is 2. The van der Waals surface area contributed by atoms with Crippen LogP contribution in [0.1, 0.15) is 32.3 Å². The van der Waals surface area contributed by atoms with Gasteiger partial charge in [-0.15, -0.1) is 0 Å². The number of carboxylic acid groups (broad SMARTS) is 2.